The number of benzene rings is 1. The molecule has 0 aliphatic heterocycles. The van der Waals surface area contributed by atoms with E-state index in [0.29, 0.717) is 37.2 Å². The Morgan fingerprint density at radius 1 is 1.20 bits per heavy atom. The molecule has 0 bridgehead atoms. The molecule has 1 amide bonds. The SMILES string of the molecule is CCNC(=NCc1ccc(OCC)c(OC)c1)NCC(=O)N(C)C.I. The van der Waals surface area contributed by atoms with Gasteiger partial charge >= 0.3 is 0 Å². The number of hydrogen-bond donors (Lipinski definition) is 2. The molecule has 8 heteroatoms. The molecule has 1 aromatic carbocycles. The smallest absolute Gasteiger partial charge is 0.241 e. The summed E-state index contributed by atoms with van der Waals surface area (Å²) in [5.74, 6) is 1.99. The minimum Gasteiger partial charge on any atom is -0.493 e. The molecule has 0 radical (unpaired) electrons. The molecular formula is C17H29IN4O3. The number of rotatable bonds is 8. The average Bonchev–Trinajstić information content (AvgIpc) is 2.58. The van der Waals surface area contributed by atoms with E-state index in [1.807, 2.05) is 32.0 Å². The highest BCUT2D eigenvalue weighted by Gasteiger charge is 2.07. The fourth-order valence-electron chi connectivity index (χ4n) is 1.91. The van der Waals surface area contributed by atoms with Crippen LogP contribution in [-0.2, 0) is 11.3 Å². The van der Waals surface area contributed by atoms with Crippen LogP contribution in [0.2, 0.25) is 0 Å². The van der Waals surface area contributed by atoms with Crippen LogP contribution in [0.15, 0.2) is 23.2 Å². The van der Waals surface area contributed by atoms with E-state index < -0.39 is 0 Å². The Morgan fingerprint density at radius 3 is 2.48 bits per heavy atom. The quantitative estimate of drug-likeness (QED) is 0.349. The predicted octanol–water partition coefficient (Wildman–Crippen LogP) is 1.86. The second-order valence-corrected chi connectivity index (χ2v) is 5.26. The zero-order valence-corrected chi connectivity index (χ0v) is 17.9. The number of nitrogens with one attached hydrogen (secondary N) is 2. The number of likely N-dealkylation sites (N-methyl/N-ethyl adjacent to an activating group) is 1. The molecule has 0 saturated carbocycles. The van der Waals surface area contributed by atoms with Crippen molar-refractivity contribution in [2.45, 2.75) is 20.4 Å². The molecule has 0 aliphatic carbocycles. The van der Waals surface area contributed by atoms with Gasteiger partial charge in [-0.15, -0.1) is 24.0 Å². The van der Waals surface area contributed by atoms with Crippen molar-refractivity contribution in [1.29, 1.82) is 0 Å². The van der Waals surface area contributed by atoms with Crippen LogP contribution in [0, 0.1) is 0 Å². The molecule has 142 valence electrons. The second-order valence-electron chi connectivity index (χ2n) is 5.26. The minimum atomic E-state index is -0.0108. The van der Waals surface area contributed by atoms with Crippen LogP contribution < -0.4 is 20.1 Å². The van der Waals surface area contributed by atoms with Crippen molar-refractivity contribution in [2.24, 2.45) is 4.99 Å². The molecule has 2 N–H and O–H groups in total. The van der Waals surface area contributed by atoms with Gasteiger partial charge in [0.2, 0.25) is 5.91 Å². The van der Waals surface area contributed by atoms with Crippen molar-refractivity contribution in [2.75, 3.05) is 40.9 Å². The lowest BCUT2D eigenvalue weighted by atomic mass is 10.2. The molecule has 0 aliphatic rings. The summed E-state index contributed by atoms with van der Waals surface area (Å²) >= 11 is 0. The molecule has 0 unspecified atom stereocenters. The standard InChI is InChI=1S/C17H28N4O3.HI/c1-6-18-17(20-12-16(22)21(3)4)19-11-13-8-9-14(24-7-2)15(10-13)23-5;/h8-10H,6-7,11-12H2,1-5H3,(H2,18,19,20);1H. The van der Waals surface area contributed by atoms with E-state index >= 15 is 0 Å². The van der Waals surface area contributed by atoms with E-state index in [1.54, 1.807) is 21.2 Å². The van der Waals surface area contributed by atoms with Gasteiger partial charge in [-0.1, -0.05) is 6.07 Å². The summed E-state index contributed by atoms with van der Waals surface area (Å²) in [7, 11) is 5.06. The molecule has 1 rings (SSSR count). The summed E-state index contributed by atoms with van der Waals surface area (Å²) in [5, 5.41) is 6.14. The summed E-state index contributed by atoms with van der Waals surface area (Å²) in [6.45, 7) is 5.88. The van der Waals surface area contributed by atoms with Crippen molar-refractivity contribution in [3.8, 4) is 11.5 Å². The lowest BCUT2D eigenvalue weighted by molar-refractivity contribution is -0.127. The van der Waals surface area contributed by atoms with Gasteiger partial charge in [0.05, 0.1) is 26.8 Å². The molecule has 7 nitrogen and oxygen atoms in total. The molecule has 0 saturated heterocycles. The van der Waals surface area contributed by atoms with Crippen molar-refractivity contribution >= 4 is 35.8 Å². The maximum absolute atomic E-state index is 11.7. The van der Waals surface area contributed by atoms with Crippen molar-refractivity contribution < 1.29 is 14.3 Å². The summed E-state index contributed by atoms with van der Waals surface area (Å²) in [6, 6.07) is 5.73. The van der Waals surface area contributed by atoms with Gasteiger partial charge in [-0.2, -0.15) is 0 Å². The Bertz CT molecular complexity index is 565. The third-order valence-corrected chi connectivity index (χ3v) is 3.20. The van der Waals surface area contributed by atoms with Gasteiger partial charge < -0.3 is 25.0 Å². The van der Waals surface area contributed by atoms with E-state index in [2.05, 4.69) is 15.6 Å². The number of hydrogen-bond acceptors (Lipinski definition) is 4. The second kappa shape index (κ2) is 12.6. The number of methoxy groups -OCH3 is 1. The van der Waals surface area contributed by atoms with Crippen LogP contribution >= 0.6 is 24.0 Å². The van der Waals surface area contributed by atoms with Crippen LogP contribution in [0.3, 0.4) is 0 Å². The highest BCUT2D eigenvalue weighted by Crippen LogP contribution is 2.28. The average molecular weight is 464 g/mol. The van der Waals surface area contributed by atoms with Crippen LogP contribution in [0.1, 0.15) is 19.4 Å². The number of nitrogens with zero attached hydrogens (tertiary/aromatic N) is 2. The normalized spacial score (nSPS) is 10.5. The van der Waals surface area contributed by atoms with Gasteiger partial charge in [0.1, 0.15) is 0 Å². The zero-order valence-electron chi connectivity index (χ0n) is 15.6. The maximum atomic E-state index is 11.7. The van der Waals surface area contributed by atoms with Crippen LogP contribution in [0.5, 0.6) is 11.5 Å². The third-order valence-electron chi connectivity index (χ3n) is 3.20. The first-order chi connectivity index (χ1) is 11.5. The van der Waals surface area contributed by atoms with Crippen LogP contribution in [0.25, 0.3) is 0 Å². The van der Waals surface area contributed by atoms with E-state index in [-0.39, 0.29) is 36.4 Å². The molecule has 0 heterocycles. The summed E-state index contributed by atoms with van der Waals surface area (Å²) in [5.41, 5.74) is 0.992. The Labute approximate surface area is 167 Å². The third kappa shape index (κ3) is 8.28. The van der Waals surface area contributed by atoms with Crippen LogP contribution in [-0.4, -0.2) is 57.7 Å². The van der Waals surface area contributed by atoms with Gasteiger partial charge in [-0.3, -0.25) is 4.79 Å². The first-order valence-electron chi connectivity index (χ1n) is 8.03. The largest absolute Gasteiger partial charge is 0.493 e. The van der Waals surface area contributed by atoms with Gasteiger partial charge in [-0.05, 0) is 31.5 Å². The number of ether oxygens (including phenoxy) is 2. The first-order valence-corrected chi connectivity index (χ1v) is 8.03. The lowest BCUT2D eigenvalue weighted by Gasteiger charge is -2.14. The number of guanidine groups is 1. The molecule has 25 heavy (non-hydrogen) atoms. The molecule has 0 spiro atoms. The molecular weight excluding hydrogens is 435 g/mol. The maximum Gasteiger partial charge on any atom is 0.241 e. The van der Waals surface area contributed by atoms with Gasteiger partial charge in [0, 0.05) is 20.6 Å². The molecule has 0 aromatic heterocycles. The van der Waals surface area contributed by atoms with E-state index in [0.717, 1.165) is 5.56 Å². The van der Waals surface area contributed by atoms with E-state index in [9.17, 15) is 4.79 Å². The van der Waals surface area contributed by atoms with Crippen molar-refractivity contribution in [3.63, 3.8) is 0 Å². The van der Waals surface area contributed by atoms with E-state index in [1.165, 1.54) is 4.90 Å². The Balaban J connectivity index is 0.00000576. The zero-order chi connectivity index (χ0) is 17.9. The summed E-state index contributed by atoms with van der Waals surface area (Å²) in [6.07, 6.45) is 0. The van der Waals surface area contributed by atoms with Gasteiger partial charge in [0.25, 0.3) is 0 Å². The number of aliphatic imine (C=N–C) groups is 1. The summed E-state index contributed by atoms with van der Waals surface area (Å²) < 4.78 is 10.8. The molecule has 0 fully saturated rings. The minimum absolute atomic E-state index is 0. The van der Waals surface area contributed by atoms with Gasteiger partial charge in [-0.25, -0.2) is 4.99 Å². The fourth-order valence-corrected chi connectivity index (χ4v) is 1.91. The number of carbonyl (C=O) groups excluding carboxylic acids is 1. The number of carbonyl (C=O) groups is 1. The molecule has 0 atom stereocenters. The lowest BCUT2D eigenvalue weighted by Crippen LogP contribution is -2.42. The Hall–Kier alpha value is -1.71. The van der Waals surface area contributed by atoms with Crippen LogP contribution in [0.4, 0.5) is 0 Å². The Kier molecular flexibility index (Phi) is 11.8. The molecule has 1 aromatic rings. The summed E-state index contributed by atoms with van der Waals surface area (Å²) in [4.78, 5) is 17.7. The fraction of sp³-hybridized carbons (Fsp3) is 0.529. The number of amides is 1. The topological polar surface area (TPSA) is 75.2 Å². The van der Waals surface area contributed by atoms with E-state index in [4.69, 9.17) is 9.47 Å². The number of halogens is 1. The first kappa shape index (κ1) is 23.3. The van der Waals surface area contributed by atoms with Gasteiger partial charge in [0.15, 0.2) is 17.5 Å². The Morgan fingerprint density at radius 2 is 1.92 bits per heavy atom. The monoisotopic (exact) mass is 464 g/mol. The predicted molar refractivity (Wildman–Crippen MR) is 111 cm³/mol. The highest BCUT2D eigenvalue weighted by atomic mass is 127. The highest BCUT2D eigenvalue weighted by molar-refractivity contribution is 14.0. The van der Waals surface area contributed by atoms with Crippen molar-refractivity contribution in [1.82, 2.24) is 15.5 Å². The van der Waals surface area contributed by atoms with Crippen molar-refractivity contribution in [3.05, 3.63) is 23.8 Å².